The van der Waals surface area contributed by atoms with Gasteiger partial charge >= 0.3 is 6.61 Å². The fourth-order valence-corrected chi connectivity index (χ4v) is 3.98. The van der Waals surface area contributed by atoms with E-state index in [2.05, 4.69) is 11.7 Å². The van der Waals surface area contributed by atoms with Gasteiger partial charge in [-0.1, -0.05) is 56.5 Å². The number of rotatable bonds is 12. The summed E-state index contributed by atoms with van der Waals surface area (Å²) in [6, 6.07) is 11.9. The van der Waals surface area contributed by atoms with Crippen LogP contribution in [0.4, 0.5) is 13.2 Å². The van der Waals surface area contributed by atoms with Gasteiger partial charge in [-0.25, -0.2) is 4.39 Å². The Morgan fingerprint density at radius 3 is 2.25 bits per heavy atom. The van der Waals surface area contributed by atoms with Crippen molar-refractivity contribution in [2.45, 2.75) is 71.2 Å². The van der Waals surface area contributed by atoms with Crippen molar-refractivity contribution in [2.75, 3.05) is 13.2 Å². The van der Waals surface area contributed by atoms with E-state index >= 15 is 0 Å². The summed E-state index contributed by atoms with van der Waals surface area (Å²) >= 11 is 0. The Hall–Kier alpha value is -2.05. The van der Waals surface area contributed by atoms with Crippen molar-refractivity contribution in [3.05, 3.63) is 53.8 Å². The third kappa shape index (κ3) is 7.82. The third-order valence-electron chi connectivity index (χ3n) is 5.84. The highest BCUT2D eigenvalue weighted by atomic mass is 19.3. The molecule has 0 aromatic heterocycles. The largest absolute Gasteiger partial charge is 0.432 e. The predicted octanol–water partition coefficient (Wildman–Crippen LogP) is 7.38. The summed E-state index contributed by atoms with van der Waals surface area (Å²) in [6.45, 7) is 0.796. The number of hydrogen-bond acceptors (Lipinski definition) is 3. The number of ether oxygens (including phenoxy) is 3. The lowest BCUT2D eigenvalue weighted by molar-refractivity contribution is -0.204. The van der Waals surface area contributed by atoms with Crippen LogP contribution in [-0.4, -0.2) is 26.1 Å². The fraction of sp³-hybridized carbons (Fsp3) is 0.538. The Labute approximate surface area is 188 Å². The molecule has 0 amide bonds. The monoisotopic (exact) mass is 450 g/mol. The number of unbranched alkanes of at least 4 members (excludes halogenated alkanes) is 3. The second kappa shape index (κ2) is 12.9. The van der Waals surface area contributed by atoms with E-state index in [1.165, 1.54) is 43.4 Å². The molecule has 0 N–H and O–H groups in total. The van der Waals surface area contributed by atoms with Crippen LogP contribution in [0.2, 0.25) is 0 Å². The Kier molecular flexibility index (Phi) is 9.88. The Morgan fingerprint density at radius 1 is 0.906 bits per heavy atom. The molecule has 32 heavy (non-hydrogen) atoms. The van der Waals surface area contributed by atoms with Crippen molar-refractivity contribution in [3.63, 3.8) is 0 Å². The van der Waals surface area contributed by atoms with E-state index in [0.29, 0.717) is 11.5 Å². The quantitative estimate of drug-likeness (QED) is 0.316. The van der Waals surface area contributed by atoms with E-state index in [1.54, 1.807) is 6.07 Å². The molecule has 3 nitrogen and oxygen atoms in total. The van der Waals surface area contributed by atoms with Crippen LogP contribution in [0.25, 0.3) is 11.1 Å². The number of halogens is 3. The van der Waals surface area contributed by atoms with Crippen LogP contribution in [0.3, 0.4) is 0 Å². The summed E-state index contributed by atoms with van der Waals surface area (Å²) in [5.74, 6) is -0.706. The molecule has 0 aliphatic carbocycles. The summed E-state index contributed by atoms with van der Waals surface area (Å²) in [5.41, 5.74) is 2.65. The van der Waals surface area contributed by atoms with Gasteiger partial charge < -0.3 is 14.2 Å². The van der Waals surface area contributed by atoms with Gasteiger partial charge in [-0.2, -0.15) is 8.78 Å². The first-order chi connectivity index (χ1) is 15.5. The second-order valence-corrected chi connectivity index (χ2v) is 8.42. The van der Waals surface area contributed by atoms with Gasteiger partial charge in [0.05, 0.1) is 13.2 Å². The lowest BCUT2D eigenvalue weighted by Crippen LogP contribution is -2.32. The minimum Gasteiger partial charge on any atom is -0.432 e. The maximum Gasteiger partial charge on any atom is 0.387 e. The van der Waals surface area contributed by atoms with Gasteiger partial charge in [0.2, 0.25) is 0 Å². The van der Waals surface area contributed by atoms with Crippen molar-refractivity contribution >= 4 is 0 Å². The molecular formula is C26H33F3O3. The van der Waals surface area contributed by atoms with Crippen molar-refractivity contribution in [1.29, 1.82) is 0 Å². The highest BCUT2D eigenvalue weighted by Crippen LogP contribution is 2.27. The fourth-order valence-electron chi connectivity index (χ4n) is 3.98. The molecule has 0 radical (unpaired) electrons. The van der Waals surface area contributed by atoms with Crippen molar-refractivity contribution in [2.24, 2.45) is 5.92 Å². The standard InChI is InChI=1S/C26H33F3O3/c1-2-3-4-8-20-17-30-25(31-18-20)9-6-5-7-19-10-12-21(13-11-19)22-14-15-24(23(27)16-22)32-26(28)29/h10-16,20,25-26H,2-9,17-18H2,1H3. The lowest BCUT2D eigenvalue weighted by Gasteiger charge is -2.29. The highest BCUT2D eigenvalue weighted by molar-refractivity contribution is 5.64. The molecule has 2 aromatic carbocycles. The zero-order valence-electron chi connectivity index (χ0n) is 18.7. The first-order valence-corrected chi connectivity index (χ1v) is 11.6. The molecule has 1 heterocycles. The van der Waals surface area contributed by atoms with E-state index in [1.807, 2.05) is 24.3 Å². The second-order valence-electron chi connectivity index (χ2n) is 8.42. The highest BCUT2D eigenvalue weighted by Gasteiger charge is 2.21. The maximum atomic E-state index is 13.9. The van der Waals surface area contributed by atoms with E-state index in [4.69, 9.17) is 9.47 Å². The van der Waals surface area contributed by atoms with Crippen LogP contribution in [0.1, 0.15) is 57.4 Å². The molecule has 176 valence electrons. The normalized spacial score (nSPS) is 18.8. The topological polar surface area (TPSA) is 27.7 Å². The Morgan fingerprint density at radius 2 is 1.59 bits per heavy atom. The molecule has 0 spiro atoms. The van der Waals surface area contributed by atoms with Crippen LogP contribution in [-0.2, 0) is 15.9 Å². The average molecular weight is 451 g/mol. The minimum absolute atomic E-state index is 0.0771. The molecule has 1 aliphatic heterocycles. The van der Waals surface area contributed by atoms with Crippen molar-refractivity contribution in [1.82, 2.24) is 0 Å². The summed E-state index contributed by atoms with van der Waals surface area (Å²) in [7, 11) is 0. The van der Waals surface area contributed by atoms with Crippen LogP contribution >= 0.6 is 0 Å². The van der Waals surface area contributed by atoms with Gasteiger partial charge in [0.25, 0.3) is 0 Å². The molecule has 3 rings (SSSR count). The van der Waals surface area contributed by atoms with E-state index < -0.39 is 18.2 Å². The smallest absolute Gasteiger partial charge is 0.387 e. The summed E-state index contributed by atoms with van der Waals surface area (Å²) in [4.78, 5) is 0. The van der Waals surface area contributed by atoms with Crippen molar-refractivity contribution in [3.8, 4) is 16.9 Å². The first-order valence-electron chi connectivity index (χ1n) is 11.6. The number of hydrogen-bond donors (Lipinski definition) is 0. The van der Waals surface area contributed by atoms with E-state index in [0.717, 1.165) is 44.5 Å². The molecular weight excluding hydrogens is 417 g/mol. The molecule has 1 saturated heterocycles. The zero-order valence-corrected chi connectivity index (χ0v) is 18.7. The van der Waals surface area contributed by atoms with Crippen LogP contribution in [0, 0.1) is 11.7 Å². The Balaban J connectivity index is 1.37. The Bertz CT molecular complexity index is 802. The number of aryl methyl sites for hydroxylation is 1. The molecule has 2 aromatic rings. The average Bonchev–Trinajstić information content (AvgIpc) is 2.79. The summed E-state index contributed by atoms with van der Waals surface area (Å²) in [6.07, 6.45) is 8.81. The number of benzene rings is 2. The third-order valence-corrected chi connectivity index (χ3v) is 5.84. The molecule has 6 heteroatoms. The van der Waals surface area contributed by atoms with Gasteiger partial charge in [0.1, 0.15) is 0 Å². The predicted molar refractivity (Wildman–Crippen MR) is 119 cm³/mol. The molecule has 0 atom stereocenters. The van der Waals surface area contributed by atoms with Crippen LogP contribution < -0.4 is 4.74 Å². The van der Waals surface area contributed by atoms with Crippen LogP contribution in [0.5, 0.6) is 5.75 Å². The SMILES string of the molecule is CCCCCC1COC(CCCCc2ccc(-c3ccc(OC(F)F)c(F)c3)cc2)OC1. The maximum absolute atomic E-state index is 13.9. The van der Waals surface area contributed by atoms with E-state index in [9.17, 15) is 13.2 Å². The van der Waals surface area contributed by atoms with E-state index in [-0.39, 0.29) is 6.29 Å². The molecule has 1 aliphatic rings. The molecule has 1 fully saturated rings. The van der Waals surface area contributed by atoms with Crippen LogP contribution in [0.15, 0.2) is 42.5 Å². The molecule has 0 unspecified atom stereocenters. The summed E-state index contributed by atoms with van der Waals surface area (Å²) in [5, 5.41) is 0. The van der Waals surface area contributed by atoms with Gasteiger partial charge in [0, 0.05) is 5.92 Å². The first kappa shape index (κ1) is 24.6. The minimum atomic E-state index is -3.04. The summed E-state index contributed by atoms with van der Waals surface area (Å²) < 4.78 is 54.4. The van der Waals surface area contributed by atoms with Gasteiger partial charge in [-0.15, -0.1) is 0 Å². The molecule has 0 bridgehead atoms. The zero-order chi connectivity index (χ0) is 22.8. The van der Waals surface area contributed by atoms with Gasteiger partial charge in [-0.3, -0.25) is 0 Å². The lowest BCUT2D eigenvalue weighted by atomic mass is 10.0. The number of alkyl halides is 2. The molecule has 0 saturated carbocycles. The van der Waals surface area contributed by atoms with Crippen molar-refractivity contribution < 1.29 is 27.4 Å². The van der Waals surface area contributed by atoms with Gasteiger partial charge in [-0.05, 0) is 60.9 Å². The van der Waals surface area contributed by atoms with Gasteiger partial charge in [0.15, 0.2) is 17.9 Å².